The molecule has 0 amide bonds. The molecule has 0 saturated carbocycles. The average Bonchev–Trinajstić information content (AvgIpc) is 1.99. The summed E-state index contributed by atoms with van der Waals surface area (Å²) < 4.78 is 37.0. The number of carboxylic acids is 1. The van der Waals surface area contributed by atoms with Gasteiger partial charge in [-0.05, 0) is 15.9 Å². The van der Waals surface area contributed by atoms with Crippen LogP contribution in [-0.2, 0) is 4.79 Å². The van der Waals surface area contributed by atoms with Crippen molar-refractivity contribution >= 4 is 33.7 Å². The van der Waals surface area contributed by atoms with Crippen LogP contribution in [0, 0.1) is 0 Å². The van der Waals surface area contributed by atoms with Crippen LogP contribution in [0.3, 0.4) is 0 Å². The third-order valence-corrected chi connectivity index (χ3v) is 3.02. The van der Waals surface area contributed by atoms with Crippen LogP contribution in [0.25, 0.3) is 0 Å². The molecule has 0 fully saturated rings. The molecule has 0 aliphatic heterocycles. The van der Waals surface area contributed by atoms with Crippen molar-refractivity contribution in [3.05, 3.63) is 0 Å². The highest BCUT2D eigenvalue weighted by atomic mass is 79.9. The van der Waals surface area contributed by atoms with E-state index in [1.807, 2.05) is 0 Å². The molecule has 0 heterocycles. The molecule has 78 valence electrons. The first-order valence-corrected chi connectivity index (χ1v) is 4.96. The summed E-state index contributed by atoms with van der Waals surface area (Å²) in [5.41, 5.74) is 4.93. The number of hydrogen-bond acceptors (Lipinski definition) is 3. The quantitative estimate of drug-likeness (QED) is 0.748. The molecule has 2 unspecified atom stereocenters. The van der Waals surface area contributed by atoms with E-state index in [-0.39, 0.29) is 11.8 Å². The molecular weight excluding hydrogens is 275 g/mol. The number of aliphatic carboxylic acids is 1. The Hall–Kier alpha value is 0.0500. The van der Waals surface area contributed by atoms with Crippen molar-refractivity contribution in [2.45, 2.75) is 16.4 Å². The zero-order valence-corrected chi connectivity index (χ0v) is 8.62. The van der Waals surface area contributed by atoms with Gasteiger partial charge in [0, 0.05) is 5.75 Å². The van der Waals surface area contributed by atoms with Gasteiger partial charge in [-0.15, -0.1) is 0 Å². The van der Waals surface area contributed by atoms with Gasteiger partial charge in [0.25, 0.3) is 0 Å². The fraction of sp³-hybridized carbons (Fsp3) is 0.800. The maximum Gasteiger partial charge on any atom is 0.334 e. The summed E-state index contributed by atoms with van der Waals surface area (Å²) >= 11 is 1.92. The number of halogens is 4. The smallest absolute Gasteiger partial charge is 0.334 e. The molecule has 8 heteroatoms. The van der Waals surface area contributed by atoms with Gasteiger partial charge in [-0.25, -0.2) is 4.39 Å². The summed E-state index contributed by atoms with van der Waals surface area (Å²) in [4.78, 5) is 10.1. The monoisotopic (exact) mass is 281 g/mol. The zero-order valence-electron chi connectivity index (χ0n) is 6.21. The van der Waals surface area contributed by atoms with E-state index in [9.17, 15) is 18.0 Å². The van der Waals surface area contributed by atoms with E-state index in [0.29, 0.717) is 0 Å². The summed E-state index contributed by atoms with van der Waals surface area (Å²) in [7, 11) is 0. The van der Waals surface area contributed by atoms with Crippen LogP contribution in [-0.4, -0.2) is 33.2 Å². The Morgan fingerprint density at radius 1 is 1.69 bits per heavy atom. The normalized spacial score (nSPS) is 16.7. The standard InChI is InChI=1S/C5H7BrF3NO2S/c6-4(7)5(8,9)13-1-2(10)3(11)12/h2,4H,1,10H2,(H,11,12). The minimum atomic E-state index is -3.66. The summed E-state index contributed by atoms with van der Waals surface area (Å²) in [6, 6.07) is -1.41. The number of thioether (sulfide) groups is 1. The molecule has 0 aromatic heterocycles. The third kappa shape index (κ3) is 4.72. The van der Waals surface area contributed by atoms with Gasteiger partial charge in [0.1, 0.15) is 6.04 Å². The Morgan fingerprint density at radius 2 is 2.15 bits per heavy atom. The van der Waals surface area contributed by atoms with E-state index in [4.69, 9.17) is 10.8 Å². The number of carbonyl (C=O) groups is 1. The maximum absolute atomic E-state index is 12.5. The van der Waals surface area contributed by atoms with Gasteiger partial charge in [-0.2, -0.15) is 8.78 Å². The van der Waals surface area contributed by atoms with E-state index >= 15 is 0 Å². The Balaban J connectivity index is 3.95. The van der Waals surface area contributed by atoms with Crippen molar-refractivity contribution in [2.24, 2.45) is 5.73 Å². The summed E-state index contributed by atoms with van der Waals surface area (Å²) in [5.74, 6) is -1.94. The van der Waals surface area contributed by atoms with Crippen LogP contribution >= 0.6 is 27.7 Å². The van der Waals surface area contributed by atoms with E-state index < -0.39 is 28.1 Å². The highest BCUT2D eigenvalue weighted by Gasteiger charge is 2.39. The van der Waals surface area contributed by atoms with Crippen molar-refractivity contribution in [1.82, 2.24) is 0 Å². The molecule has 0 spiro atoms. The van der Waals surface area contributed by atoms with E-state index in [2.05, 4.69) is 15.9 Å². The van der Waals surface area contributed by atoms with Crippen LogP contribution < -0.4 is 5.73 Å². The van der Waals surface area contributed by atoms with E-state index in [1.165, 1.54) is 0 Å². The maximum atomic E-state index is 12.5. The number of nitrogens with two attached hydrogens (primary N) is 1. The van der Waals surface area contributed by atoms with Crippen molar-refractivity contribution in [3.8, 4) is 0 Å². The van der Waals surface area contributed by atoms with Crippen molar-refractivity contribution in [1.29, 1.82) is 0 Å². The van der Waals surface area contributed by atoms with Crippen molar-refractivity contribution in [2.75, 3.05) is 5.75 Å². The van der Waals surface area contributed by atoms with Gasteiger partial charge in [-0.3, -0.25) is 4.79 Å². The number of hydrogen-bond donors (Lipinski definition) is 2. The summed E-state index contributed by atoms with van der Waals surface area (Å²) in [6.07, 6.45) is 0. The number of alkyl halides is 4. The lowest BCUT2D eigenvalue weighted by Crippen LogP contribution is -2.35. The Kier molecular flexibility index (Phi) is 5.08. The Labute approximate surface area is 85.0 Å². The first-order chi connectivity index (χ1) is 5.77. The van der Waals surface area contributed by atoms with E-state index in [1.54, 1.807) is 0 Å². The van der Waals surface area contributed by atoms with Gasteiger partial charge < -0.3 is 10.8 Å². The molecule has 0 aliphatic rings. The molecule has 0 aromatic rings. The zero-order chi connectivity index (χ0) is 10.6. The molecule has 0 saturated heterocycles. The lowest BCUT2D eigenvalue weighted by molar-refractivity contribution is -0.137. The average molecular weight is 282 g/mol. The first-order valence-electron chi connectivity index (χ1n) is 3.05. The fourth-order valence-electron chi connectivity index (χ4n) is 0.335. The van der Waals surface area contributed by atoms with Crippen LogP contribution in [0.5, 0.6) is 0 Å². The minimum absolute atomic E-state index is 0.138. The summed E-state index contributed by atoms with van der Waals surface area (Å²) in [6.45, 7) is 0. The molecule has 0 radical (unpaired) electrons. The summed E-state index contributed by atoms with van der Waals surface area (Å²) in [5, 5.41) is 2.06. The molecule has 0 aromatic carbocycles. The van der Waals surface area contributed by atoms with Crippen molar-refractivity contribution in [3.63, 3.8) is 0 Å². The SMILES string of the molecule is NC(CSC(F)(F)C(F)Br)C(=O)O. The second-order valence-electron chi connectivity index (χ2n) is 2.12. The van der Waals surface area contributed by atoms with Gasteiger partial charge in [0.05, 0.1) is 0 Å². The fourth-order valence-corrected chi connectivity index (χ4v) is 1.40. The van der Waals surface area contributed by atoms with Crippen LogP contribution in [0.4, 0.5) is 13.2 Å². The molecule has 0 aliphatic carbocycles. The second-order valence-corrected chi connectivity index (χ2v) is 4.09. The highest BCUT2D eigenvalue weighted by Crippen LogP contribution is 2.37. The Bertz CT molecular complexity index is 193. The number of carboxylic acid groups (broad SMARTS) is 1. The lowest BCUT2D eigenvalue weighted by atomic mass is 10.4. The molecule has 13 heavy (non-hydrogen) atoms. The van der Waals surface area contributed by atoms with Crippen LogP contribution in [0.1, 0.15) is 0 Å². The second kappa shape index (κ2) is 5.06. The Morgan fingerprint density at radius 3 is 2.46 bits per heavy atom. The predicted molar refractivity (Wildman–Crippen MR) is 46.8 cm³/mol. The van der Waals surface area contributed by atoms with Crippen molar-refractivity contribution < 1.29 is 23.1 Å². The molecule has 2 atom stereocenters. The first kappa shape index (κ1) is 13.1. The minimum Gasteiger partial charge on any atom is -0.480 e. The molecule has 3 nitrogen and oxygen atoms in total. The van der Waals surface area contributed by atoms with E-state index in [0.717, 1.165) is 0 Å². The largest absolute Gasteiger partial charge is 0.480 e. The van der Waals surface area contributed by atoms with Gasteiger partial charge in [0.2, 0.25) is 5.08 Å². The van der Waals surface area contributed by atoms with Crippen LogP contribution in [0.2, 0.25) is 0 Å². The molecular formula is C5H7BrF3NO2S. The van der Waals surface area contributed by atoms with Gasteiger partial charge >= 0.3 is 11.2 Å². The lowest BCUT2D eigenvalue weighted by Gasteiger charge is -2.16. The third-order valence-electron chi connectivity index (χ3n) is 1.03. The van der Waals surface area contributed by atoms with Gasteiger partial charge in [0.15, 0.2) is 0 Å². The molecule has 3 N–H and O–H groups in total. The van der Waals surface area contributed by atoms with Gasteiger partial charge in [-0.1, -0.05) is 11.8 Å². The van der Waals surface area contributed by atoms with Crippen LogP contribution in [0.15, 0.2) is 0 Å². The predicted octanol–water partition coefficient (Wildman–Crippen LogP) is 1.41. The highest BCUT2D eigenvalue weighted by molar-refractivity contribution is 9.09. The topological polar surface area (TPSA) is 63.3 Å². The molecule has 0 bridgehead atoms. The molecule has 0 rings (SSSR count). The number of rotatable bonds is 5.